The fourth-order valence-corrected chi connectivity index (χ4v) is 8.49. The number of hydrogen-bond donors (Lipinski definition) is 3. The van der Waals surface area contributed by atoms with Crippen LogP contribution in [-0.2, 0) is 48.0 Å². The van der Waals surface area contributed by atoms with Crippen molar-refractivity contribution in [2.45, 2.75) is 100 Å². The maximum Gasteiger partial charge on any atom is 0.303 e. The Labute approximate surface area is 325 Å². The minimum atomic E-state index is -3.16. The lowest BCUT2D eigenvalue weighted by Crippen LogP contribution is -2.42. The Morgan fingerprint density at radius 1 is 0.696 bits per heavy atom. The maximum absolute atomic E-state index is 11.6. The molecule has 2 aromatic heterocycles. The predicted molar refractivity (Wildman–Crippen MR) is 196 cm³/mol. The minimum Gasteiger partial charge on any atom is -0.469 e. The molecule has 0 bridgehead atoms. The molecule has 21 heteroatoms. The summed E-state index contributed by atoms with van der Waals surface area (Å²) in [7, 11) is -3.16. The van der Waals surface area contributed by atoms with Crippen LogP contribution in [0.25, 0.3) is 0 Å². The normalized spacial score (nSPS) is 30.7. The average Bonchev–Trinajstić information content (AvgIpc) is 3.95. The number of hydrogen-bond acceptors (Lipinski definition) is 19. The molecule has 308 valence electrons. The van der Waals surface area contributed by atoms with Gasteiger partial charge in [0.25, 0.3) is 0 Å². The van der Waals surface area contributed by atoms with Crippen molar-refractivity contribution in [3.05, 3.63) is 24.5 Å². The number of rotatable bonds is 11. The molecule has 56 heavy (non-hydrogen) atoms. The summed E-state index contributed by atoms with van der Waals surface area (Å²) in [6.45, 7) is 6.95. The van der Waals surface area contributed by atoms with Crippen LogP contribution in [0.3, 0.4) is 0 Å². The summed E-state index contributed by atoms with van der Waals surface area (Å²) in [5.41, 5.74) is 0. The van der Waals surface area contributed by atoms with E-state index in [1.807, 2.05) is 0 Å². The van der Waals surface area contributed by atoms with Crippen molar-refractivity contribution < 1.29 is 55.9 Å². The minimum absolute atomic E-state index is 0.0834. The molecule has 0 amide bonds. The van der Waals surface area contributed by atoms with Crippen LogP contribution >= 0.6 is 0 Å². The summed E-state index contributed by atoms with van der Waals surface area (Å²) >= 11 is 0. The summed E-state index contributed by atoms with van der Waals surface area (Å²) in [6.07, 6.45) is 5.23. The highest BCUT2D eigenvalue weighted by Crippen LogP contribution is 2.33. The summed E-state index contributed by atoms with van der Waals surface area (Å²) in [4.78, 5) is 39.7. The van der Waals surface area contributed by atoms with Crippen LogP contribution in [0.1, 0.15) is 39.5 Å². The van der Waals surface area contributed by atoms with Crippen LogP contribution in [0, 0.1) is 0 Å². The van der Waals surface area contributed by atoms with Gasteiger partial charge in [-0.05, 0) is 38.8 Å². The first-order chi connectivity index (χ1) is 27.0. The summed E-state index contributed by atoms with van der Waals surface area (Å²) < 4.78 is 70.1. The van der Waals surface area contributed by atoms with Crippen LogP contribution in [0.2, 0.25) is 0 Å². The van der Waals surface area contributed by atoms with Gasteiger partial charge < -0.3 is 53.8 Å². The summed E-state index contributed by atoms with van der Waals surface area (Å²) in [5, 5.41) is 9.94. The third kappa shape index (κ3) is 10.3. The van der Waals surface area contributed by atoms with Crippen molar-refractivity contribution in [1.82, 2.24) is 29.6 Å². The molecule has 6 aliphatic rings. The van der Waals surface area contributed by atoms with Crippen LogP contribution in [-0.4, -0.2) is 164 Å². The van der Waals surface area contributed by atoms with Crippen molar-refractivity contribution in [3.63, 3.8) is 0 Å². The molecule has 2 aromatic rings. The van der Waals surface area contributed by atoms with Gasteiger partial charge in [0.05, 0.1) is 32.7 Å². The highest BCUT2D eigenvalue weighted by molar-refractivity contribution is 7.88. The lowest BCUT2D eigenvalue weighted by molar-refractivity contribution is -0.151. The van der Waals surface area contributed by atoms with E-state index in [9.17, 15) is 18.0 Å². The number of carbonyl (C=O) groups is 2. The molecule has 3 N–H and O–H groups in total. The molecule has 6 fully saturated rings. The Morgan fingerprint density at radius 2 is 1.11 bits per heavy atom. The molecule has 0 aromatic carbocycles. The number of sulfonamides is 1. The van der Waals surface area contributed by atoms with Gasteiger partial charge in [-0.3, -0.25) is 9.59 Å². The van der Waals surface area contributed by atoms with Crippen LogP contribution < -0.4 is 25.4 Å². The number of piperidine rings is 2. The van der Waals surface area contributed by atoms with E-state index in [1.54, 1.807) is 24.5 Å². The molecule has 6 aliphatic heterocycles. The lowest BCUT2D eigenvalue weighted by Gasteiger charge is -2.30. The summed E-state index contributed by atoms with van der Waals surface area (Å²) in [6, 6.07) is 3.83. The van der Waals surface area contributed by atoms with Crippen molar-refractivity contribution in [2.75, 3.05) is 69.5 Å². The highest BCUT2D eigenvalue weighted by atomic mass is 32.2. The van der Waals surface area contributed by atoms with Crippen molar-refractivity contribution >= 4 is 33.9 Å². The molecule has 6 saturated heterocycles. The Hall–Kier alpha value is -3.99. The van der Waals surface area contributed by atoms with Gasteiger partial charge in [-0.1, -0.05) is 0 Å². The smallest absolute Gasteiger partial charge is 0.303 e. The molecule has 20 nitrogen and oxygen atoms in total. The molecule has 0 spiro atoms. The van der Waals surface area contributed by atoms with Crippen molar-refractivity contribution in [2.24, 2.45) is 0 Å². The average molecular weight is 807 g/mol. The van der Waals surface area contributed by atoms with E-state index < -0.39 is 16.1 Å². The number of esters is 2. The van der Waals surface area contributed by atoms with Gasteiger partial charge in [-0.25, -0.2) is 22.7 Å². The SMILES string of the molecule is CC(=O)O[C@H]1CO[C@H]2[C@@H]1OC[C@@H]2Oc1ccnc(NC2CCN(S(C)(=O)=O)CC2)n1.CC(=O)O[C@H]1CO[C@H]2[C@@H]1OC[C@@H]2Oc1ccnc(NC2CCNCC2)n1. The van der Waals surface area contributed by atoms with Crippen molar-refractivity contribution in [1.29, 1.82) is 0 Å². The molecule has 0 saturated carbocycles. The van der Waals surface area contributed by atoms with E-state index in [-0.39, 0.29) is 67.3 Å². The van der Waals surface area contributed by atoms with Crippen molar-refractivity contribution in [3.8, 4) is 11.8 Å². The van der Waals surface area contributed by atoms with E-state index in [1.165, 1.54) is 24.4 Å². The third-order valence-corrected chi connectivity index (χ3v) is 11.6. The quantitative estimate of drug-likeness (QED) is 0.252. The predicted octanol–water partition coefficient (Wildman–Crippen LogP) is -0.0936. The largest absolute Gasteiger partial charge is 0.469 e. The third-order valence-electron chi connectivity index (χ3n) is 10.3. The number of fused-ring (bicyclic) bond motifs is 2. The zero-order valence-corrected chi connectivity index (χ0v) is 32.4. The molecule has 8 atom stereocenters. The van der Waals surface area contributed by atoms with E-state index in [0.717, 1.165) is 25.9 Å². The molecule has 8 heterocycles. The van der Waals surface area contributed by atoms with Crippen LogP contribution in [0.5, 0.6) is 11.8 Å². The number of ether oxygens (including phenoxy) is 8. The Balaban J connectivity index is 0.000000173. The van der Waals surface area contributed by atoms with Gasteiger partial charge in [-0.15, -0.1) is 0 Å². The topological polar surface area (TPSA) is 233 Å². The van der Waals surface area contributed by atoms with Gasteiger partial charge >= 0.3 is 11.9 Å². The molecule has 0 aliphatic carbocycles. The first-order valence-electron chi connectivity index (χ1n) is 19.0. The van der Waals surface area contributed by atoms with Gasteiger partial charge in [0, 0.05) is 63.5 Å². The van der Waals surface area contributed by atoms with Crippen LogP contribution in [0.15, 0.2) is 24.5 Å². The molecular weight excluding hydrogens is 756 g/mol. The molecule has 8 rings (SSSR count). The van der Waals surface area contributed by atoms with E-state index in [0.29, 0.717) is 75.5 Å². The lowest BCUT2D eigenvalue weighted by atomic mass is 10.1. The first-order valence-corrected chi connectivity index (χ1v) is 20.8. The zero-order valence-electron chi connectivity index (χ0n) is 31.6. The second kappa shape index (κ2) is 18.1. The second-order valence-corrected chi connectivity index (χ2v) is 16.5. The highest BCUT2D eigenvalue weighted by Gasteiger charge is 2.51. The van der Waals surface area contributed by atoms with Gasteiger partial charge in [-0.2, -0.15) is 9.97 Å². The Morgan fingerprint density at radius 3 is 1.54 bits per heavy atom. The number of aromatic nitrogens is 4. The van der Waals surface area contributed by atoms with E-state index in [4.69, 9.17) is 37.9 Å². The zero-order chi connectivity index (χ0) is 39.2. The first kappa shape index (κ1) is 40.2. The van der Waals surface area contributed by atoms with E-state index in [2.05, 4.69) is 35.9 Å². The van der Waals surface area contributed by atoms with Crippen LogP contribution in [0.4, 0.5) is 11.9 Å². The number of nitrogens with zero attached hydrogens (tertiary/aromatic N) is 5. The fraction of sp³-hybridized carbons (Fsp3) is 0.714. The van der Waals surface area contributed by atoms with Gasteiger partial charge in [0.2, 0.25) is 33.7 Å². The number of anilines is 2. The van der Waals surface area contributed by atoms with Gasteiger partial charge in [0.1, 0.15) is 24.4 Å². The molecular formula is C35H50N8O12S. The molecule has 0 unspecified atom stereocenters. The Kier molecular flexibility index (Phi) is 13.0. The number of carbonyl (C=O) groups excluding carboxylic acids is 2. The van der Waals surface area contributed by atoms with Gasteiger partial charge in [0.15, 0.2) is 24.4 Å². The molecule has 0 radical (unpaired) electrons. The second-order valence-electron chi connectivity index (χ2n) is 14.5. The fourth-order valence-electron chi connectivity index (χ4n) is 7.62. The monoisotopic (exact) mass is 806 g/mol. The van der Waals surface area contributed by atoms with E-state index >= 15 is 0 Å². The standard InChI is InChI=1S/C18H26N4O7S.C17H24N4O5/c1-11(23)28-13-9-26-17-14(10-27-16(13)17)29-15-3-6-19-18(21-15)20-12-4-7-22(8-5-12)30(2,24)25;1-10(22)25-12-8-23-16-13(9-24-15(12)16)26-14-4-7-19-17(21-14)20-11-2-5-18-6-3-11/h3,6,12-14,16-17H,4-5,7-10H2,1-2H3,(H,19,20,21);4,7,11-13,15-16,18H,2-3,5-6,8-9H2,1H3,(H,19,20,21)/t13-,14-,16+,17+;12-,13-,15+,16+/m00/s1. The Bertz CT molecular complexity index is 1770. The number of nitrogens with one attached hydrogen (secondary N) is 3. The maximum atomic E-state index is 11.6. The summed E-state index contributed by atoms with van der Waals surface area (Å²) in [5.74, 6) is 1.14.